The van der Waals surface area contributed by atoms with Crippen LogP contribution >= 0.6 is 0 Å². The third kappa shape index (κ3) is 2.42. The van der Waals surface area contributed by atoms with Gasteiger partial charge in [0.05, 0.1) is 17.8 Å². The van der Waals surface area contributed by atoms with E-state index in [1.165, 1.54) is 24.9 Å². The molecule has 0 bridgehead atoms. The number of hydrogen-bond donors (Lipinski definition) is 1. The minimum Gasteiger partial charge on any atom is -0.491 e. The average Bonchev–Trinajstić information content (AvgIpc) is 2.73. The van der Waals surface area contributed by atoms with Crippen molar-refractivity contribution in [1.82, 2.24) is 0 Å². The molecule has 0 radical (unpaired) electrons. The van der Waals surface area contributed by atoms with Gasteiger partial charge in [-0.15, -0.1) is 0 Å². The summed E-state index contributed by atoms with van der Waals surface area (Å²) in [5.41, 5.74) is 7.67. The van der Waals surface area contributed by atoms with Crippen molar-refractivity contribution in [2.45, 2.75) is 45.1 Å². The minimum absolute atomic E-state index is 0.0848. The van der Waals surface area contributed by atoms with E-state index in [-0.39, 0.29) is 5.54 Å². The molecule has 3 rings (SSSR count). The van der Waals surface area contributed by atoms with Crippen molar-refractivity contribution in [3.8, 4) is 5.75 Å². The van der Waals surface area contributed by atoms with E-state index in [0.29, 0.717) is 5.92 Å². The second kappa shape index (κ2) is 5.88. The molecule has 0 aromatic heterocycles. The molecule has 2 aliphatic rings. The van der Waals surface area contributed by atoms with Crippen LogP contribution in [0.5, 0.6) is 5.75 Å². The summed E-state index contributed by atoms with van der Waals surface area (Å²) < 4.78 is 5.94. The van der Waals surface area contributed by atoms with Crippen molar-refractivity contribution in [2.75, 3.05) is 24.6 Å². The number of ether oxygens (including phenoxy) is 1. The molecule has 1 fully saturated rings. The first-order valence-electron chi connectivity index (χ1n) is 8.38. The molecule has 1 aromatic carbocycles. The molecule has 1 aliphatic carbocycles. The highest BCUT2D eigenvalue weighted by Crippen LogP contribution is 2.45. The van der Waals surface area contributed by atoms with Gasteiger partial charge in [-0.2, -0.15) is 0 Å². The normalized spacial score (nSPS) is 33.0. The van der Waals surface area contributed by atoms with Crippen LogP contribution in [0, 0.1) is 11.8 Å². The third-order valence-electron chi connectivity index (χ3n) is 5.80. The number of hydrogen-bond acceptors (Lipinski definition) is 3. The fraction of sp³-hybridized carbons (Fsp3) is 0.667. The lowest BCUT2D eigenvalue weighted by Gasteiger charge is -2.53. The van der Waals surface area contributed by atoms with Gasteiger partial charge in [0.1, 0.15) is 5.75 Å². The highest BCUT2D eigenvalue weighted by atomic mass is 16.5. The van der Waals surface area contributed by atoms with Crippen LogP contribution in [0.3, 0.4) is 0 Å². The lowest BCUT2D eigenvalue weighted by atomic mass is 9.67. The van der Waals surface area contributed by atoms with Crippen LogP contribution in [0.4, 0.5) is 5.69 Å². The molecule has 3 heteroatoms. The van der Waals surface area contributed by atoms with Gasteiger partial charge in [-0.3, -0.25) is 0 Å². The Morgan fingerprint density at radius 3 is 2.90 bits per heavy atom. The van der Waals surface area contributed by atoms with Gasteiger partial charge in [0.25, 0.3) is 0 Å². The van der Waals surface area contributed by atoms with Gasteiger partial charge in [0, 0.05) is 13.1 Å². The smallest absolute Gasteiger partial charge is 0.142 e. The third-order valence-corrected chi connectivity index (χ3v) is 5.80. The van der Waals surface area contributed by atoms with E-state index in [9.17, 15) is 0 Å². The van der Waals surface area contributed by atoms with Crippen LogP contribution in [0.1, 0.15) is 39.5 Å². The lowest BCUT2D eigenvalue weighted by molar-refractivity contribution is 0.139. The predicted molar refractivity (Wildman–Crippen MR) is 87.9 cm³/mol. The van der Waals surface area contributed by atoms with E-state index in [1.54, 1.807) is 0 Å². The molecule has 1 heterocycles. The number of fused-ring (bicyclic) bond motifs is 1. The quantitative estimate of drug-likeness (QED) is 0.906. The maximum Gasteiger partial charge on any atom is 0.142 e. The Labute approximate surface area is 128 Å². The largest absolute Gasteiger partial charge is 0.491 e. The van der Waals surface area contributed by atoms with Crippen molar-refractivity contribution in [3.63, 3.8) is 0 Å². The van der Waals surface area contributed by atoms with Crippen LogP contribution in [0.15, 0.2) is 24.3 Å². The second-order valence-corrected chi connectivity index (χ2v) is 6.79. The first kappa shape index (κ1) is 14.7. The van der Waals surface area contributed by atoms with Gasteiger partial charge < -0.3 is 15.4 Å². The van der Waals surface area contributed by atoms with Gasteiger partial charge in [0.15, 0.2) is 0 Å². The van der Waals surface area contributed by atoms with Crippen LogP contribution in [-0.2, 0) is 0 Å². The van der Waals surface area contributed by atoms with Crippen molar-refractivity contribution >= 4 is 5.69 Å². The molecule has 0 saturated heterocycles. The Balaban J connectivity index is 2.04. The molecule has 1 aromatic rings. The lowest BCUT2D eigenvalue weighted by Crippen LogP contribution is -2.61. The standard InChI is InChI=1S/C18H28N2O/c1-14-7-5-10-18(13-19,15(14)2)20-11-6-12-21-17-9-4-3-8-16(17)20/h3-4,8-9,14-15H,5-7,10-13,19H2,1-2H3. The maximum absolute atomic E-state index is 6.35. The predicted octanol–water partition coefficient (Wildman–Crippen LogP) is 3.43. The monoisotopic (exact) mass is 288 g/mol. The molecule has 1 aliphatic heterocycles. The van der Waals surface area contributed by atoms with E-state index >= 15 is 0 Å². The van der Waals surface area contributed by atoms with E-state index in [2.05, 4.69) is 43.0 Å². The van der Waals surface area contributed by atoms with Gasteiger partial charge in [0.2, 0.25) is 0 Å². The highest BCUT2D eigenvalue weighted by molar-refractivity contribution is 5.61. The summed E-state index contributed by atoms with van der Waals surface area (Å²) in [4.78, 5) is 2.58. The number of para-hydroxylation sites is 2. The van der Waals surface area contributed by atoms with Crippen LogP contribution in [0.2, 0.25) is 0 Å². The summed E-state index contributed by atoms with van der Waals surface area (Å²) in [7, 11) is 0. The summed E-state index contributed by atoms with van der Waals surface area (Å²) in [6, 6.07) is 8.46. The number of rotatable bonds is 2. The fourth-order valence-electron chi connectivity index (χ4n) is 4.31. The van der Waals surface area contributed by atoms with E-state index in [0.717, 1.165) is 37.8 Å². The summed E-state index contributed by atoms with van der Waals surface area (Å²) in [6.07, 6.45) is 4.87. The summed E-state index contributed by atoms with van der Waals surface area (Å²) in [6.45, 7) is 7.36. The molecule has 1 saturated carbocycles. The first-order chi connectivity index (χ1) is 10.2. The zero-order chi connectivity index (χ0) is 14.9. The Kier molecular flexibility index (Phi) is 4.12. The summed E-state index contributed by atoms with van der Waals surface area (Å²) in [5, 5.41) is 0. The Bertz CT molecular complexity index is 490. The molecule has 3 nitrogen and oxygen atoms in total. The Morgan fingerprint density at radius 1 is 1.29 bits per heavy atom. The van der Waals surface area contributed by atoms with Crippen LogP contribution in [0.25, 0.3) is 0 Å². The first-order valence-corrected chi connectivity index (χ1v) is 8.38. The molecular formula is C18H28N2O. The van der Waals surface area contributed by atoms with Crippen molar-refractivity contribution in [3.05, 3.63) is 24.3 Å². The van der Waals surface area contributed by atoms with Crippen LogP contribution in [-0.4, -0.2) is 25.2 Å². The SMILES string of the molecule is CC1CCCC(CN)(N2CCCOc3ccccc32)C1C. The summed E-state index contributed by atoms with van der Waals surface area (Å²) >= 11 is 0. The van der Waals surface area contributed by atoms with E-state index < -0.39 is 0 Å². The number of nitrogens with zero attached hydrogens (tertiary/aromatic N) is 1. The van der Waals surface area contributed by atoms with Crippen molar-refractivity contribution in [1.29, 1.82) is 0 Å². The zero-order valence-corrected chi connectivity index (χ0v) is 13.3. The molecule has 0 amide bonds. The molecule has 116 valence electrons. The molecule has 21 heavy (non-hydrogen) atoms. The highest BCUT2D eigenvalue weighted by Gasteiger charge is 2.45. The van der Waals surface area contributed by atoms with E-state index in [1.807, 2.05) is 0 Å². The van der Waals surface area contributed by atoms with Gasteiger partial charge in [-0.1, -0.05) is 38.8 Å². The van der Waals surface area contributed by atoms with Crippen molar-refractivity contribution in [2.24, 2.45) is 17.6 Å². The van der Waals surface area contributed by atoms with Gasteiger partial charge in [-0.25, -0.2) is 0 Å². The topological polar surface area (TPSA) is 38.5 Å². The fourth-order valence-corrected chi connectivity index (χ4v) is 4.31. The Hall–Kier alpha value is -1.22. The van der Waals surface area contributed by atoms with Gasteiger partial charge >= 0.3 is 0 Å². The molecule has 2 N–H and O–H groups in total. The number of benzene rings is 1. The zero-order valence-electron chi connectivity index (χ0n) is 13.3. The maximum atomic E-state index is 6.35. The number of anilines is 1. The van der Waals surface area contributed by atoms with Gasteiger partial charge in [-0.05, 0) is 36.8 Å². The average molecular weight is 288 g/mol. The minimum atomic E-state index is 0.0848. The molecule has 0 spiro atoms. The number of nitrogens with two attached hydrogens (primary N) is 1. The Morgan fingerprint density at radius 2 is 2.10 bits per heavy atom. The van der Waals surface area contributed by atoms with E-state index in [4.69, 9.17) is 10.5 Å². The van der Waals surface area contributed by atoms with Crippen LogP contribution < -0.4 is 15.4 Å². The summed E-state index contributed by atoms with van der Waals surface area (Å²) in [5.74, 6) is 2.37. The molecular weight excluding hydrogens is 260 g/mol. The molecule has 3 atom stereocenters. The van der Waals surface area contributed by atoms with Crippen molar-refractivity contribution < 1.29 is 4.74 Å². The second-order valence-electron chi connectivity index (χ2n) is 6.79. The molecule has 3 unspecified atom stereocenters.